The van der Waals surface area contributed by atoms with Crippen LogP contribution in [-0.2, 0) is 32.3 Å². The van der Waals surface area contributed by atoms with Gasteiger partial charge in [0.1, 0.15) is 0 Å². The van der Waals surface area contributed by atoms with Crippen molar-refractivity contribution in [3.8, 4) is 0 Å². The molecular formula is C25H30Cl2Hf. The van der Waals surface area contributed by atoms with Crippen molar-refractivity contribution in [1.29, 1.82) is 0 Å². The molecule has 0 nitrogen and oxygen atoms in total. The van der Waals surface area contributed by atoms with E-state index in [0.717, 1.165) is 0 Å². The van der Waals surface area contributed by atoms with E-state index in [4.69, 9.17) is 0 Å². The summed E-state index contributed by atoms with van der Waals surface area (Å²) < 4.78 is 0. The Morgan fingerprint density at radius 2 is 1.64 bits per heavy atom. The van der Waals surface area contributed by atoms with Crippen LogP contribution in [0.15, 0.2) is 59.2 Å². The molecule has 0 aromatic heterocycles. The van der Waals surface area contributed by atoms with Crippen molar-refractivity contribution in [2.45, 2.75) is 59.8 Å². The average molecular weight is 580 g/mol. The van der Waals surface area contributed by atoms with E-state index in [-0.39, 0.29) is 50.7 Å². The molecule has 2 atom stereocenters. The van der Waals surface area contributed by atoms with Gasteiger partial charge in [0.05, 0.1) is 0 Å². The van der Waals surface area contributed by atoms with Crippen molar-refractivity contribution in [3.05, 3.63) is 87.5 Å². The number of rotatable bonds is 1. The van der Waals surface area contributed by atoms with E-state index in [1.807, 2.05) is 0 Å². The largest absolute Gasteiger partial charge is 4.00 e. The predicted octanol–water partition coefficient (Wildman–Crippen LogP) is 0.910. The van der Waals surface area contributed by atoms with E-state index < -0.39 is 0 Å². The zero-order chi connectivity index (χ0) is 18.0. The number of halogens is 2. The zero-order valence-corrected chi connectivity index (χ0v) is 22.7. The van der Waals surface area contributed by atoms with Gasteiger partial charge in [-0.3, -0.25) is 6.08 Å². The number of benzene rings is 1. The van der Waals surface area contributed by atoms with Crippen molar-refractivity contribution in [3.63, 3.8) is 0 Å². The van der Waals surface area contributed by atoms with Gasteiger partial charge in [-0.05, 0) is 5.92 Å². The quantitative estimate of drug-likeness (QED) is 0.348. The van der Waals surface area contributed by atoms with Gasteiger partial charge in [0, 0.05) is 0 Å². The van der Waals surface area contributed by atoms with Gasteiger partial charge >= 0.3 is 25.8 Å². The Kier molecular flexibility index (Phi) is 12.0. The van der Waals surface area contributed by atoms with Gasteiger partial charge in [0.25, 0.3) is 0 Å². The Balaban J connectivity index is 0.000000533. The van der Waals surface area contributed by atoms with E-state index in [2.05, 4.69) is 83.2 Å². The SMILES string of the molecule is CC1=[C-]C(C)C(C)=C1C.Cc1cc2c([cH-]1)CCCC2c1ccccc1.[Cl-].[Cl-].[Hf+4]. The van der Waals surface area contributed by atoms with Crippen molar-refractivity contribution >= 4 is 0 Å². The zero-order valence-electron chi connectivity index (χ0n) is 17.6. The minimum Gasteiger partial charge on any atom is -1.00 e. The van der Waals surface area contributed by atoms with E-state index >= 15 is 0 Å². The molecule has 0 amide bonds. The molecule has 0 saturated carbocycles. The Morgan fingerprint density at radius 3 is 2.14 bits per heavy atom. The molecule has 2 aromatic carbocycles. The van der Waals surface area contributed by atoms with Crippen LogP contribution in [0, 0.1) is 18.9 Å². The monoisotopic (exact) mass is 580 g/mol. The van der Waals surface area contributed by atoms with Crippen molar-refractivity contribution in [1.82, 2.24) is 0 Å². The molecule has 28 heavy (non-hydrogen) atoms. The van der Waals surface area contributed by atoms with Gasteiger partial charge in [-0.15, -0.1) is 6.92 Å². The summed E-state index contributed by atoms with van der Waals surface area (Å²) in [5, 5.41) is 0. The maximum absolute atomic E-state index is 3.36. The molecule has 2 aromatic rings. The molecular weight excluding hydrogens is 550 g/mol. The minimum atomic E-state index is 0. The van der Waals surface area contributed by atoms with Crippen LogP contribution in [0.2, 0.25) is 0 Å². The molecule has 4 rings (SSSR count). The summed E-state index contributed by atoms with van der Waals surface area (Å²) >= 11 is 0. The van der Waals surface area contributed by atoms with Gasteiger partial charge in [0.15, 0.2) is 0 Å². The van der Waals surface area contributed by atoms with Gasteiger partial charge in [-0.2, -0.15) is 33.9 Å². The maximum atomic E-state index is 3.36. The van der Waals surface area contributed by atoms with E-state index in [1.165, 1.54) is 47.1 Å². The molecule has 148 valence electrons. The summed E-state index contributed by atoms with van der Waals surface area (Å²) in [6, 6.07) is 15.7. The molecule has 2 aliphatic carbocycles. The number of aryl methyl sites for hydroxylation is 2. The Morgan fingerprint density at radius 1 is 1.00 bits per heavy atom. The van der Waals surface area contributed by atoms with Crippen LogP contribution in [0.25, 0.3) is 0 Å². The molecule has 0 spiro atoms. The van der Waals surface area contributed by atoms with Gasteiger partial charge < -0.3 is 24.8 Å². The summed E-state index contributed by atoms with van der Waals surface area (Å²) in [6.07, 6.45) is 7.26. The fraction of sp³-hybridized carbons (Fsp3) is 0.400. The second kappa shape index (κ2) is 12.3. The Hall–Kier alpha value is -0.500. The predicted molar refractivity (Wildman–Crippen MR) is 108 cm³/mol. The summed E-state index contributed by atoms with van der Waals surface area (Å²) in [4.78, 5) is 0. The second-order valence-corrected chi connectivity index (χ2v) is 7.67. The van der Waals surface area contributed by atoms with Gasteiger partial charge in [0.2, 0.25) is 0 Å². The molecule has 0 radical (unpaired) electrons. The third-order valence-corrected chi connectivity index (χ3v) is 5.91. The number of fused-ring (bicyclic) bond motifs is 1. The fourth-order valence-corrected chi connectivity index (χ4v) is 4.12. The molecule has 0 aliphatic heterocycles. The molecule has 2 aliphatic rings. The number of allylic oxidation sites excluding steroid dienone is 4. The number of hydrogen-bond acceptors (Lipinski definition) is 0. The standard InChI is InChI=1S/C16H17.C9H13.2ClH.Hf/c1-12-10-14-8-5-9-15(16(14)11-12)13-6-3-2-4-7-13;1-6-5-7(2)9(4)8(6)3;;;/h2-4,6-7,10-11,15H,5,8-9H2,1H3;6H,1-4H3;2*1H;/q2*-1;;;+4/p-2. The molecule has 0 fully saturated rings. The third-order valence-electron chi connectivity index (χ3n) is 5.91. The van der Waals surface area contributed by atoms with Crippen molar-refractivity contribution < 1.29 is 50.7 Å². The minimum absolute atomic E-state index is 0. The van der Waals surface area contributed by atoms with Crippen LogP contribution in [0.4, 0.5) is 0 Å². The summed E-state index contributed by atoms with van der Waals surface area (Å²) in [5.74, 6) is 1.20. The van der Waals surface area contributed by atoms with Crippen LogP contribution < -0.4 is 24.8 Å². The molecule has 2 unspecified atom stereocenters. The normalized spacial score (nSPS) is 19.8. The van der Waals surface area contributed by atoms with Crippen LogP contribution in [0.5, 0.6) is 0 Å². The maximum Gasteiger partial charge on any atom is 4.00 e. The molecule has 3 heteroatoms. The molecule has 0 heterocycles. The van der Waals surface area contributed by atoms with Crippen LogP contribution in [0.1, 0.15) is 68.7 Å². The topological polar surface area (TPSA) is 0 Å². The first-order chi connectivity index (χ1) is 12.0. The second-order valence-electron chi connectivity index (χ2n) is 7.67. The van der Waals surface area contributed by atoms with Crippen molar-refractivity contribution in [2.24, 2.45) is 5.92 Å². The Bertz CT molecular complexity index is 799. The van der Waals surface area contributed by atoms with Gasteiger partial charge in [-0.25, -0.2) is 11.6 Å². The summed E-state index contributed by atoms with van der Waals surface area (Å²) in [7, 11) is 0. The summed E-state index contributed by atoms with van der Waals surface area (Å²) in [6.45, 7) is 10.9. The van der Waals surface area contributed by atoms with Crippen LogP contribution in [0.3, 0.4) is 0 Å². The third kappa shape index (κ3) is 6.25. The summed E-state index contributed by atoms with van der Waals surface area (Å²) in [5.41, 5.74) is 10.3. The smallest absolute Gasteiger partial charge is 1.00 e. The first kappa shape index (κ1) is 27.5. The molecule has 0 saturated heterocycles. The first-order valence-corrected chi connectivity index (χ1v) is 9.56. The van der Waals surface area contributed by atoms with E-state index in [0.29, 0.717) is 11.8 Å². The van der Waals surface area contributed by atoms with Crippen LogP contribution in [-0.4, -0.2) is 0 Å². The molecule has 0 N–H and O–H groups in total. The molecule has 0 bridgehead atoms. The number of hydrogen-bond donors (Lipinski definition) is 0. The fourth-order valence-electron chi connectivity index (χ4n) is 4.12. The van der Waals surface area contributed by atoms with E-state index in [1.54, 1.807) is 11.1 Å². The van der Waals surface area contributed by atoms with Crippen molar-refractivity contribution in [2.75, 3.05) is 0 Å². The van der Waals surface area contributed by atoms with Gasteiger partial charge in [-0.1, -0.05) is 88.8 Å². The van der Waals surface area contributed by atoms with Crippen LogP contribution >= 0.6 is 0 Å². The average Bonchev–Trinajstić information content (AvgIpc) is 3.10. The Labute approximate surface area is 202 Å². The first-order valence-electron chi connectivity index (χ1n) is 9.56. The van der Waals surface area contributed by atoms with E-state index in [9.17, 15) is 0 Å².